The van der Waals surface area contributed by atoms with Crippen molar-refractivity contribution in [3.63, 3.8) is 0 Å². The number of aliphatic hydroxyl groups excluding tert-OH is 1. The van der Waals surface area contributed by atoms with E-state index in [-0.39, 0.29) is 18.6 Å². The van der Waals surface area contributed by atoms with E-state index in [0.29, 0.717) is 5.75 Å². The van der Waals surface area contributed by atoms with Crippen LogP contribution in [0.25, 0.3) is 0 Å². The Kier molecular flexibility index (Phi) is 6.06. The summed E-state index contributed by atoms with van der Waals surface area (Å²) in [6.45, 7) is 1.68. The normalized spacial score (nSPS) is 17.3. The Labute approximate surface area is 134 Å². The molecule has 1 aliphatic carbocycles. The van der Waals surface area contributed by atoms with Crippen molar-refractivity contribution in [1.82, 2.24) is 5.32 Å². The van der Waals surface area contributed by atoms with Crippen molar-refractivity contribution in [3.05, 3.63) is 28.2 Å². The summed E-state index contributed by atoms with van der Waals surface area (Å²) in [5.41, 5.74) is 0.743. The summed E-state index contributed by atoms with van der Waals surface area (Å²) in [5.74, 6) is 0.518. The lowest BCUT2D eigenvalue weighted by Crippen LogP contribution is -2.43. The van der Waals surface area contributed by atoms with Crippen LogP contribution < -0.4 is 10.1 Å². The molecule has 0 heterocycles. The van der Waals surface area contributed by atoms with E-state index < -0.39 is 6.10 Å². The van der Waals surface area contributed by atoms with Gasteiger partial charge in [0, 0.05) is 10.5 Å². The molecule has 5 heteroatoms. The highest BCUT2D eigenvalue weighted by atomic mass is 79.9. The molecular formula is C16H22BrNO3. The summed E-state index contributed by atoms with van der Waals surface area (Å²) < 4.78 is 6.50. The summed E-state index contributed by atoms with van der Waals surface area (Å²) in [5, 5.41) is 12.3. The Hall–Kier alpha value is -1.07. The number of ether oxygens (including phenoxy) is 1. The second-order valence-electron chi connectivity index (χ2n) is 5.51. The van der Waals surface area contributed by atoms with Crippen molar-refractivity contribution < 1.29 is 14.6 Å². The van der Waals surface area contributed by atoms with Crippen molar-refractivity contribution in [1.29, 1.82) is 0 Å². The largest absolute Gasteiger partial charge is 0.481 e. The molecule has 1 fully saturated rings. The molecule has 2 N–H and O–H groups in total. The summed E-state index contributed by atoms with van der Waals surface area (Å²) in [7, 11) is 0. The molecule has 0 aromatic heterocycles. The third kappa shape index (κ3) is 4.71. The van der Waals surface area contributed by atoms with Crippen molar-refractivity contribution in [2.45, 2.75) is 57.8 Å². The van der Waals surface area contributed by atoms with Gasteiger partial charge in [-0.1, -0.05) is 35.2 Å². The zero-order valence-electron chi connectivity index (χ0n) is 12.3. The van der Waals surface area contributed by atoms with E-state index in [1.807, 2.05) is 6.07 Å². The van der Waals surface area contributed by atoms with Gasteiger partial charge in [-0.3, -0.25) is 4.79 Å². The van der Waals surface area contributed by atoms with E-state index in [0.717, 1.165) is 22.9 Å². The highest BCUT2D eigenvalue weighted by molar-refractivity contribution is 9.10. The Balaban J connectivity index is 1.90. The predicted molar refractivity (Wildman–Crippen MR) is 85.2 cm³/mol. The second kappa shape index (κ2) is 7.80. The number of amides is 1. The molecular weight excluding hydrogens is 334 g/mol. The topological polar surface area (TPSA) is 58.6 Å². The van der Waals surface area contributed by atoms with Crippen molar-refractivity contribution in [2.75, 3.05) is 0 Å². The number of halogens is 1. The monoisotopic (exact) mass is 355 g/mol. The lowest BCUT2D eigenvalue weighted by molar-refractivity contribution is -0.128. The molecule has 0 radical (unpaired) electrons. The zero-order chi connectivity index (χ0) is 15.2. The highest BCUT2D eigenvalue weighted by Gasteiger charge is 2.20. The number of benzene rings is 1. The van der Waals surface area contributed by atoms with Crippen LogP contribution in [0.3, 0.4) is 0 Å². The van der Waals surface area contributed by atoms with Crippen molar-refractivity contribution in [3.8, 4) is 5.75 Å². The standard InChI is InChI=1S/C16H22BrNO3/c1-11(16(20)18-13-5-3-2-4-6-13)21-14-7-8-15(17)12(9-14)10-19/h7-9,11,13,19H,2-6,10H2,1H3,(H,18,20). The van der Waals surface area contributed by atoms with Gasteiger partial charge in [-0.05, 0) is 43.5 Å². The molecule has 0 aliphatic heterocycles. The van der Waals surface area contributed by atoms with Gasteiger partial charge in [0.2, 0.25) is 0 Å². The van der Waals surface area contributed by atoms with Crippen LogP contribution in [0.5, 0.6) is 5.75 Å². The van der Waals surface area contributed by atoms with Crippen molar-refractivity contribution >= 4 is 21.8 Å². The summed E-state index contributed by atoms with van der Waals surface area (Å²) in [6, 6.07) is 5.63. The Morgan fingerprint density at radius 2 is 2.14 bits per heavy atom. The molecule has 1 aromatic carbocycles. The van der Waals surface area contributed by atoms with Gasteiger partial charge in [0.05, 0.1) is 6.61 Å². The molecule has 1 aliphatic rings. The Bertz CT molecular complexity index is 486. The predicted octanol–water partition coefficient (Wildman–Crippen LogP) is 3.16. The quantitative estimate of drug-likeness (QED) is 0.852. The first-order chi connectivity index (χ1) is 10.1. The maximum absolute atomic E-state index is 12.1. The zero-order valence-corrected chi connectivity index (χ0v) is 13.9. The van der Waals surface area contributed by atoms with Crippen LogP contribution in [0.15, 0.2) is 22.7 Å². The van der Waals surface area contributed by atoms with Crippen LogP contribution in [0, 0.1) is 0 Å². The first kappa shape index (κ1) is 16.3. The molecule has 1 aromatic rings. The number of aliphatic hydroxyl groups is 1. The van der Waals surface area contributed by atoms with Gasteiger partial charge < -0.3 is 15.2 Å². The SMILES string of the molecule is CC(Oc1ccc(Br)c(CO)c1)C(=O)NC1CCCCC1. The van der Waals surface area contributed by atoms with Crippen LogP contribution in [0.4, 0.5) is 0 Å². The minimum atomic E-state index is -0.542. The van der Waals surface area contributed by atoms with Gasteiger partial charge in [0.1, 0.15) is 5.75 Å². The molecule has 1 amide bonds. The number of carbonyl (C=O) groups is 1. The first-order valence-electron chi connectivity index (χ1n) is 7.46. The molecule has 1 unspecified atom stereocenters. The number of hydrogen-bond donors (Lipinski definition) is 2. The summed E-state index contributed by atoms with van der Waals surface area (Å²) >= 11 is 3.36. The fraction of sp³-hybridized carbons (Fsp3) is 0.562. The molecule has 4 nitrogen and oxygen atoms in total. The van der Waals surface area contributed by atoms with Gasteiger partial charge in [0.25, 0.3) is 5.91 Å². The molecule has 1 saturated carbocycles. The average molecular weight is 356 g/mol. The smallest absolute Gasteiger partial charge is 0.260 e. The molecule has 1 atom stereocenters. The number of hydrogen-bond acceptors (Lipinski definition) is 3. The van der Waals surface area contributed by atoms with Crippen molar-refractivity contribution in [2.24, 2.45) is 0 Å². The van der Waals surface area contributed by atoms with Gasteiger partial charge in [-0.2, -0.15) is 0 Å². The molecule has 0 spiro atoms. The van der Waals surface area contributed by atoms with E-state index in [9.17, 15) is 9.90 Å². The molecule has 21 heavy (non-hydrogen) atoms. The first-order valence-corrected chi connectivity index (χ1v) is 8.25. The molecule has 0 bridgehead atoms. The van der Waals surface area contributed by atoms with E-state index in [1.54, 1.807) is 19.1 Å². The number of rotatable bonds is 5. The fourth-order valence-electron chi connectivity index (χ4n) is 2.57. The number of nitrogens with one attached hydrogen (secondary N) is 1. The van der Waals surface area contributed by atoms with Crippen LogP contribution >= 0.6 is 15.9 Å². The Morgan fingerprint density at radius 3 is 2.81 bits per heavy atom. The van der Waals surface area contributed by atoms with E-state index in [2.05, 4.69) is 21.2 Å². The maximum atomic E-state index is 12.1. The molecule has 0 saturated heterocycles. The number of carbonyl (C=O) groups excluding carboxylic acids is 1. The van der Waals surface area contributed by atoms with Crippen LogP contribution in [-0.2, 0) is 11.4 Å². The van der Waals surface area contributed by atoms with Gasteiger partial charge in [0.15, 0.2) is 6.10 Å². The second-order valence-corrected chi connectivity index (χ2v) is 6.37. The van der Waals surface area contributed by atoms with E-state index in [1.165, 1.54) is 19.3 Å². The van der Waals surface area contributed by atoms with Gasteiger partial charge in [-0.15, -0.1) is 0 Å². The minimum absolute atomic E-state index is 0.0690. The minimum Gasteiger partial charge on any atom is -0.481 e. The summed E-state index contributed by atoms with van der Waals surface area (Å²) in [6.07, 6.45) is 5.22. The van der Waals surface area contributed by atoms with Crippen LogP contribution in [0.2, 0.25) is 0 Å². The van der Waals surface area contributed by atoms with Crippen LogP contribution in [0.1, 0.15) is 44.6 Å². The average Bonchev–Trinajstić information content (AvgIpc) is 2.50. The van der Waals surface area contributed by atoms with E-state index >= 15 is 0 Å². The molecule has 116 valence electrons. The maximum Gasteiger partial charge on any atom is 0.260 e. The van der Waals surface area contributed by atoms with Gasteiger partial charge in [-0.25, -0.2) is 0 Å². The highest BCUT2D eigenvalue weighted by Crippen LogP contribution is 2.23. The Morgan fingerprint density at radius 1 is 1.43 bits per heavy atom. The van der Waals surface area contributed by atoms with Crippen LogP contribution in [-0.4, -0.2) is 23.2 Å². The third-order valence-corrected chi connectivity index (χ3v) is 4.59. The fourth-order valence-corrected chi connectivity index (χ4v) is 2.94. The van der Waals surface area contributed by atoms with Gasteiger partial charge >= 0.3 is 0 Å². The lowest BCUT2D eigenvalue weighted by atomic mass is 9.95. The third-order valence-electron chi connectivity index (χ3n) is 3.82. The molecule has 2 rings (SSSR count). The summed E-state index contributed by atoms with van der Waals surface area (Å²) in [4.78, 5) is 12.1. The lowest BCUT2D eigenvalue weighted by Gasteiger charge is -2.24. The van der Waals surface area contributed by atoms with E-state index in [4.69, 9.17) is 4.74 Å².